The van der Waals surface area contributed by atoms with Crippen LogP contribution in [0.5, 0.6) is 0 Å². The van der Waals surface area contributed by atoms with Gasteiger partial charge in [0.1, 0.15) is 0 Å². The third kappa shape index (κ3) is 1.01. The zero-order valence-electron chi connectivity index (χ0n) is 8.58. The largest absolute Gasteiger partial charge is 0.388 e. The molecular formula is C13H18O. The standard InChI is InChI=1S/C13H18O/c1-2-3-13(14)11-5-9-4-10(7-11)8-12(13)6-9/h1,9-12,14H,3-8H2. The van der Waals surface area contributed by atoms with E-state index in [1.165, 1.54) is 32.1 Å². The molecule has 0 aromatic rings. The van der Waals surface area contributed by atoms with Crippen LogP contribution in [0.25, 0.3) is 0 Å². The van der Waals surface area contributed by atoms with Gasteiger partial charge in [0, 0.05) is 6.42 Å². The lowest BCUT2D eigenvalue weighted by molar-refractivity contribution is -0.169. The molecule has 4 saturated carbocycles. The van der Waals surface area contributed by atoms with E-state index in [1.807, 2.05) is 0 Å². The highest BCUT2D eigenvalue weighted by atomic mass is 16.3. The maximum absolute atomic E-state index is 10.6. The molecule has 0 aromatic carbocycles. The van der Waals surface area contributed by atoms with Crippen LogP contribution in [0, 0.1) is 36.0 Å². The maximum Gasteiger partial charge on any atom is 0.0812 e. The van der Waals surface area contributed by atoms with E-state index >= 15 is 0 Å². The first-order chi connectivity index (χ1) is 6.72. The van der Waals surface area contributed by atoms with Crippen molar-refractivity contribution in [3.05, 3.63) is 0 Å². The van der Waals surface area contributed by atoms with Gasteiger partial charge in [0.15, 0.2) is 0 Å². The van der Waals surface area contributed by atoms with E-state index in [9.17, 15) is 5.11 Å². The summed E-state index contributed by atoms with van der Waals surface area (Å²) in [7, 11) is 0. The van der Waals surface area contributed by atoms with Crippen molar-refractivity contribution in [1.82, 2.24) is 0 Å². The average molecular weight is 190 g/mol. The molecule has 1 heteroatoms. The van der Waals surface area contributed by atoms with Gasteiger partial charge in [-0.05, 0) is 55.8 Å². The van der Waals surface area contributed by atoms with Crippen LogP contribution in [-0.4, -0.2) is 10.7 Å². The molecule has 0 radical (unpaired) electrons. The van der Waals surface area contributed by atoms with Crippen LogP contribution < -0.4 is 0 Å². The molecule has 0 amide bonds. The van der Waals surface area contributed by atoms with Crippen LogP contribution in [0.4, 0.5) is 0 Å². The summed E-state index contributed by atoms with van der Waals surface area (Å²) in [6.45, 7) is 0. The predicted octanol–water partition coefficient (Wildman–Crippen LogP) is 2.20. The molecule has 4 fully saturated rings. The number of hydrogen-bond acceptors (Lipinski definition) is 1. The lowest BCUT2D eigenvalue weighted by Gasteiger charge is -2.58. The summed E-state index contributed by atoms with van der Waals surface area (Å²) >= 11 is 0. The second-order valence-corrected chi connectivity index (χ2v) is 5.68. The topological polar surface area (TPSA) is 20.2 Å². The molecule has 4 aliphatic carbocycles. The Morgan fingerprint density at radius 1 is 1.07 bits per heavy atom. The normalized spacial score (nSPS) is 54.6. The lowest BCUT2D eigenvalue weighted by Crippen LogP contribution is -2.57. The van der Waals surface area contributed by atoms with Gasteiger partial charge in [-0.2, -0.15) is 0 Å². The Balaban J connectivity index is 1.91. The Bertz CT molecular complexity index is 258. The van der Waals surface area contributed by atoms with E-state index in [1.54, 1.807) is 0 Å². The van der Waals surface area contributed by atoms with Crippen LogP contribution >= 0.6 is 0 Å². The van der Waals surface area contributed by atoms with E-state index in [0.717, 1.165) is 11.8 Å². The molecule has 0 heterocycles. The Kier molecular flexibility index (Phi) is 1.74. The van der Waals surface area contributed by atoms with Gasteiger partial charge in [-0.15, -0.1) is 12.3 Å². The first-order valence-electron chi connectivity index (χ1n) is 5.88. The number of hydrogen-bond donors (Lipinski definition) is 1. The monoisotopic (exact) mass is 190 g/mol. The highest BCUT2D eigenvalue weighted by Crippen LogP contribution is 2.59. The van der Waals surface area contributed by atoms with Crippen molar-refractivity contribution in [2.75, 3.05) is 0 Å². The molecule has 76 valence electrons. The molecule has 14 heavy (non-hydrogen) atoms. The van der Waals surface area contributed by atoms with E-state index in [0.29, 0.717) is 18.3 Å². The number of aliphatic hydroxyl groups is 1. The molecular weight excluding hydrogens is 172 g/mol. The van der Waals surface area contributed by atoms with Crippen LogP contribution in [-0.2, 0) is 0 Å². The fourth-order valence-corrected chi connectivity index (χ4v) is 4.45. The zero-order chi connectivity index (χ0) is 9.76. The summed E-state index contributed by atoms with van der Waals surface area (Å²) in [5, 5.41) is 10.6. The molecule has 4 rings (SSSR count). The van der Waals surface area contributed by atoms with Gasteiger partial charge in [-0.25, -0.2) is 0 Å². The first-order valence-corrected chi connectivity index (χ1v) is 5.88. The van der Waals surface area contributed by atoms with Crippen molar-refractivity contribution in [3.8, 4) is 12.3 Å². The summed E-state index contributed by atoms with van der Waals surface area (Å²) in [5.41, 5.74) is -0.484. The fraction of sp³-hybridized carbons (Fsp3) is 0.846. The molecule has 1 nitrogen and oxygen atoms in total. The van der Waals surface area contributed by atoms with Crippen molar-refractivity contribution in [1.29, 1.82) is 0 Å². The predicted molar refractivity (Wildman–Crippen MR) is 55.4 cm³/mol. The minimum atomic E-state index is -0.484. The van der Waals surface area contributed by atoms with Gasteiger partial charge in [0.25, 0.3) is 0 Å². The molecule has 0 aliphatic heterocycles. The van der Waals surface area contributed by atoms with Crippen LogP contribution in [0.3, 0.4) is 0 Å². The van der Waals surface area contributed by atoms with Crippen molar-refractivity contribution in [2.45, 2.75) is 44.1 Å². The molecule has 0 aromatic heterocycles. The highest BCUT2D eigenvalue weighted by molar-refractivity contribution is 5.10. The molecule has 0 spiro atoms. The van der Waals surface area contributed by atoms with Gasteiger partial charge >= 0.3 is 0 Å². The minimum Gasteiger partial charge on any atom is -0.388 e. The first kappa shape index (κ1) is 8.80. The van der Waals surface area contributed by atoms with Crippen LogP contribution in [0.15, 0.2) is 0 Å². The summed E-state index contributed by atoms with van der Waals surface area (Å²) in [4.78, 5) is 0. The Morgan fingerprint density at radius 2 is 1.57 bits per heavy atom. The summed E-state index contributed by atoms with van der Waals surface area (Å²) in [5.74, 6) is 5.56. The highest BCUT2D eigenvalue weighted by Gasteiger charge is 2.55. The molecule has 0 atom stereocenters. The quantitative estimate of drug-likeness (QED) is 0.628. The summed E-state index contributed by atoms with van der Waals surface area (Å²) < 4.78 is 0. The van der Waals surface area contributed by atoms with Crippen molar-refractivity contribution < 1.29 is 5.11 Å². The molecule has 1 N–H and O–H groups in total. The van der Waals surface area contributed by atoms with Gasteiger partial charge in [0.2, 0.25) is 0 Å². The lowest BCUT2D eigenvalue weighted by atomic mass is 9.49. The zero-order valence-corrected chi connectivity index (χ0v) is 8.58. The SMILES string of the molecule is C#CCC1(O)C2CC3CC(C2)CC1C3. The van der Waals surface area contributed by atoms with Gasteiger partial charge in [-0.1, -0.05) is 0 Å². The third-order valence-corrected chi connectivity index (χ3v) is 4.94. The summed E-state index contributed by atoms with van der Waals surface area (Å²) in [6, 6.07) is 0. The van der Waals surface area contributed by atoms with E-state index < -0.39 is 5.60 Å². The third-order valence-electron chi connectivity index (χ3n) is 4.94. The molecule has 0 unspecified atom stereocenters. The van der Waals surface area contributed by atoms with Crippen molar-refractivity contribution in [3.63, 3.8) is 0 Å². The van der Waals surface area contributed by atoms with Crippen LogP contribution in [0.2, 0.25) is 0 Å². The van der Waals surface area contributed by atoms with Crippen molar-refractivity contribution in [2.24, 2.45) is 23.7 Å². The fourth-order valence-electron chi connectivity index (χ4n) is 4.45. The van der Waals surface area contributed by atoms with Gasteiger partial charge < -0.3 is 5.11 Å². The van der Waals surface area contributed by atoms with Gasteiger partial charge in [0.05, 0.1) is 5.60 Å². The maximum atomic E-state index is 10.6. The molecule has 0 saturated heterocycles. The molecule has 4 aliphatic rings. The molecule has 4 bridgehead atoms. The second-order valence-electron chi connectivity index (χ2n) is 5.68. The van der Waals surface area contributed by atoms with Crippen LogP contribution in [0.1, 0.15) is 38.5 Å². The minimum absolute atomic E-state index is 0.484. The number of rotatable bonds is 1. The van der Waals surface area contributed by atoms with E-state index in [-0.39, 0.29) is 0 Å². The van der Waals surface area contributed by atoms with Gasteiger partial charge in [-0.3, -0.25) is 0 Å². The summed E-state index contributed by atoms with van der Waals surface area (Å²) in [6.07, 6.45) is 12.4. The Labute approximate surface area is 85.9 Å². The average Bonchev–Trinajstić information content (AvgIpc) is 2.14. The van der Waals surface area contributed by atoms with E-state index in [2.05, 4.69) is 5.92 Å². The smallest absolute Gasteiger partial charge is 0.0812 e. The Hall–Kier alpha value is -0.480. The van der Waals surface area contributed by atoms with E-state index in [4.69, 9.17) is 6.42 Å². The van der Waals surface area contributed by atoms with Crippen molar-refractivity contribution >= 4 is 0 Å². The number of terminal acetylenes is 1. The Morgan fingerprint density at radius 3 is 2.00 bits per heavy atom. The second kappa shape index (κ2) is 2.76.